The molecule has 2 saturated heterocycles. The van der Waals surface area contributed by atoms with E-state index in [9.17, 15) is 14.7 Å². The minimum atomic E-state index is -0.885. The van der Waals surface area contributed by atoms with Crippen LogP contribution in [0.1, 0.15) is 13.8 Å². The number of amides is 2. The summed E-state index contributed by atoms with van der Waals surface area (Å²) in [4.78, 5) is 27.3. The Morgan fingerprint density at radius 2 is 2.05 bits per heavy atom. The molecule has 0 spiro atoms. The monoisotopic (exact) mass is 285 g/mol. The number of likely N-dealkylation sites (tertiary alicyclic amines) is 2. The van der Waals surface area contributed by atoms with Gasteiger partial charge in [0.2, 0.25) is 0 Å². The Balaban J connectivity index is 2.08. The van der Waals surface area contributed by atoms with Gasteiger partial charge >= 0.3 is 12.0 Å². The lowest BCUT2D eigenvalue weighted by atomic mass is 9.81. The number of nitrogens with zero attached hydrogens (tertiary/aromatic N) is 2. The molecule has 2 heterocycles. The Bertz CT molecular complexity index is 401. The Morgan fingerprint density at radius 3 is 2.55 bits per heavy atom. The fraction of sp³-hybridized carbons (Fsp3) is 0.846. The molecule has 7 nitrogen and oxygen atoms in total. The molecule has 0 radical (unpaired) electrons. The number of nitrogens with one attached hydrogen (secondary N) is 1. The average Bonchev–Trinajstić information content (AvgIpc) is 2.82. The number of hydrogen-bond donors (Lipinski definition) is 3. The maximum Gasteiger partial charge on any atom is 0.317 e. The molecule has 2 rings (SSSR count). The third-order valence-electron chi connectivity index (χ3n) is 4.22. The number of carboxylic acids is 1. The van der Waals surface area contributed by atoms with E-state index in [2.05, 4.69) is 5.32 Å². The largest absolute Gasteiger partial charge is 0.481 e. The first-order valence-corrected chi connectivity index (χ1v) is 7.01. The van der Waals surface area contributed by atoms with Gasteiger partial charge in [-0.2, -0.15) is 0 Å². The zero-order valence-corrected chi connectivity index (χ0v) is 12.0. The smallest absolute Gasteiger partial charge is 0.317 e. The molecule has 2 fully saturated rings. The molecule has 0 aromatic carbocycles. The van der Waals surface area contributed by atoms with Crippen molar-refractivity contribution in [3.8, 4) is 0 Å². The SMILES string of the molecule is CC(C)NC(=O)N1C[C@@H]2CN(CCO)C[C@]2(C(=O)O)C1. The highest BCUT2D eigenvalue weighted by molar-refractivity contribution is 5.81. The first-order valence-electron chi connectivity index (χ1n) is 7.01. The maximum atomic E-state index is 12.0. The van der Waals surface area contributed by atoms with E-state index in [-0.39, 0.29) is 31.1 Å². The van der Waals surface area contributed by atoms with Crippen molar-refractivity contribution in [2.45, 2.75) is 19.9 Å². The van der Waals surface area contributed by atoms with Crippen molar-refractivity contribution in [1.82, 2.24) is 15.1 Å². The molecule has 2 aliphatic rings. The van der Waals surface area contributed by atoms with Gasteiger partial charge in [-0.15, -0.1) is 0 Å². The van der Waals surface area contributed by atoms with Crippen molar-refractivity contribution in [1.29, 1.82) is 0 Å². The van der Waals surface area contributed by atoms with E-state index in [1.165, 1.54) is 0 Å². The quantitative estimate of drug-likeness (QED) is 0.642. The van der Waals surface area contributed by atoms with Crippen LogP contribution in [0, 0.1) is 11.3 Å². The van der Waals surface area contributed by atoms with Gasteiger partial charge in [0, 0.05) is 44.7 Å². The van der Waals surface area contributed by atoms with Crippen LogP contribution < -0.4 is 5.32 Å². The maximum absolute atomic E-state index is 12.0. The average molecular weight is 285 g/mol. The highest BCUT2D eigenvalue weighted by Gasteiger charge is 2.58. The lowest BCUT2D eigenvalue weighted by Crippen LogP contribution is -2.46. The molecule has 7 heteroatoms. The third-order valence-corrected chi connectivity index (χ3v) is 4.22. The summed E-state index contributed by atoms with van der Waals surface area (Å²) in [5.74, 6) is -0.910. The Hall–Kier alpha value is -1.34. The second-order valence-corrected chi connectivity index (χ2v) is 6.10. The fourth-order valence-electron chi connectivity index (χ4n) is 3.28. The lowest BCUT2D eigenvalue weighted by molar-refractivity contribution is -0.148. The highest BCUT2D eigenvalue weighted by Crippen LogP contribution is 2.42. The zero-order valence-electron chi connectivity index (χ0n) is 12.0. The number of carbonyl (C=O) groups excluding carboxylic acids is 1. The van der Waals surface area contributed by atoms with Crippen molar-refractivity contribution in [3.05, 3.63) is 0 Å². The first-order chi connectivity index (χ1) is 9.39. The van der Waals surface area contributed by atoms with Crippen LogP contribution in [0.4, 0.5) is 4.79 Å². The zero-order chi connectivity index (χ0) is 14.9. The summed E-state index contributed by atoms with van der Waals surface area (Å²) in [7, 11) is 0. The lowest BCUT2D eigenvalue weighted by Gasteiger charge is -2.25. The Kier molecular flexibility index (Phi) is 4.19. The molecule has 20 heavy (non-hydrogen) atoms. The van der Waals surface area contributed by atoms with Gasteiger partial charge in [0.1, 0.15) is 5.41 Å². The molecule has 2 amide bonds. The summed E-state index contributed by atoms with van der Waals surface area (Å²) >= 11 is 0. The molecule has 3 N–H and O–H groups in total. The number of aliphatic hydroxyl groups excluding tert-OH is 1. The van der Waals surface area contributed by atoms with E-state index in [4.69, 9.17) is 5.11 Å². The van der Waals surface area contributed by atoms with Crippen molar-refractivity contribution >= 4 is 12.0 Å². The Labute approximate surface area is 118 Å². The number of hydrogen-bond acceptors (Lipinski definition) is 4. The van der Waals surface area contributed by atoms with Crippen molar-refractivity contribution in [2.75, 3.05) is 39.3 Å². The standard InChI is InChI=1S/C13H23N3O4/c1-9(2)14-12(20)16-6-10-5-15(3-4-17)7-13(10,8-16)11(18)19/h9-10,17H,3-8H2,1-2H3,(H,14,20)(H,18,19)/t10-,13-/m0/s1. The van der Waals surface area contributed by atoms with E-state index in [0.717, 1.165) is 0 Å². The van der Waals surface area contributed by atoms with Crippen LogP contribution in [0.3, 0.4) is 0 Å². The first kappa shape index (κ1) is 15.1. The van der Waals surface area contributed by atoms with Gasteiger partial charge in [-0.25, -0.2) is 4.79 Å². The molecule has 0 unspecified atom stereocenters. The predicted octanol–water partition coefficient (Wildman–Crippen LogP) is -0.585. The molecule has 2 aliphatic heterocycles. The molecule has 114 valence electrons. The molecular formula is C13H23N3O4. The van der Waals surface area contributed by atoms with E-state index in [1.807, 2.05) is 18.7 Å². The molecule has 0 aliphatic carbocycles. The van der Waals surface area contributed by atoms with Gasteiger partial charge in [-0.1, -0.05) is 0 Å². The van der Waals surface area contributed by atoms with Crippen LogP contribution in [-0.4, -0.2) is 77.4 Å². The minimum absolute atomic E-state index is 0.0277. The van der Waals surface area contributed by atoms with Gasteiger partial charge in [0.05, 0.1) is 6.61 Å². The number of rotatable bonds is 4. The van der Waals surface area contributed by atoms with E-state index in [0.29, 0.717) is 26.2 Å². The normalized spacial score (nSPS) is 29.8. The van der Waals surface area contributed by atoms with E-state index >= 15 is 0 Å². The number of carboxylic acid groups (broad SMARTS) is 1. The van der Waals surface area contributed by atoms with Crippen LogP contribution in [0.5, 0.6) is 0 Å². The van der Waals surface area contributed by atoms with Gasteiger partial charge in [-0.3, -0.25) is 9.69 Å². The van der Waals surface area contributed by atoms with Crippen LogP contribution in [0.15, 0.2) is 0 Å². The number of fused-ring (bicyclic) bond motifs is 1. The second kappa shape index (κ2) is 5.57. The summed E-state index contributed by atoms with van der Waals surface area (Å²) in [5.41, 5.74) is -0.885. The van der Waals surface area contributed by atoms with Gasteiger partial charge in [0.15, 0.2) is 0 Å². The molecule has 0 saturated carbocycles. The number of β-amino-alcohol motifs (C(OH)–C–C–N with tert-alkyl or cyclic N) is 1. The summed E-state index contributed by atoms with van der Waals surface area (Å²) < 4.78 is 0. The van der Waals surface area contributed by atoms with Gasteiger partial charge in [0.25, 0.3) is 0 Å². The van der Waals surface area contributed by atoms with E-state index < -0.39 is 11.4 Å². The third kappa shape index (κ3) is 2.60. The topological polar surface area (TPSA) is 93.1 Å². The minimum Gasteiger partial charge on any atom is -0.481 e. The number of carbonyl (C=O) groups is 2. The summed E-state index contributed by atoms with van der Waals surface area (Å²) in [6, 6.07) is -0.154. The van der Waals surface area contributed by atoms with Crippen molar-refractivity contribution in [3.63, 3.8) is 0 Å². The van der Waals surface area contributed by atoms with Crippen molar-refractivity contribution < 1.29 is 19.8 Å². The summed E-state index contributed by atoms with van der Waals surface area (Å²) in [6.45, 7) is 6.01. The van der Waals surface area contributed by atoms with E-state index in [1.54, 1.807) is 4.90 Å². The summed E-state index contributed by atoms with van der Waals surface area (Å²) in [5, 5.41) is 21.4. The molecule has 2 atom stereocenters. The molecule has 0 aromatic rings. The van der Waals surface area contributed by atoms with Gasteiger partial charge in [-0.05, 0) is 13.8 Å². The highest BCUT2D eigenvalue weighted by atomic mass is 16.4. The van der Waals surface area contributed by atoms with Crippen LogP contribution in [0.2, 0.25) is 0 Å². The van der Waals surface area contributed by atoms with Crippen molar-refractivity contribution in [2.24, 2.45) is 11.3 Å². The number of aliphatic hydroxyl groups is 1. The predicted molar refractivity (Wildman–Crippen MR) is 72.3 cm³/mol. The summed E-state index contributed by atoms with van der Waals surface area (Å²) in [6.07, 6.45) is 0. The number of aliphatic carboxylic acids is 1. The second-order valence-electron chi connectivity index (χ2n) is 6.10. The van der Waals surface area contributed by atoms with Crippen LogP contribution in [0.25, 0.3) is 0 Å². The van der Waals surface area contributed by atoms with Gasteiger partial charge < -0.3 is 20.4 Å². The molecule has 0 bridgehead atoms. The number of urea groups is 1. The van der Waals surface area contributed by atoms with Crippen LogP contribution in [-0.2, 0) is 4.79 Å². The molecular weight excluding hydrogens is 262 g/mol. The fourth-order valence-corrected chi connectivity index (χ4v) is 3.28. The Morgan fingerprint density at radius 1 is 1.35 bits per heavy atom. The molecule has 0 aromatic heterocycles. The van der Waals surface area contributed by atoms with Crippen LogP contribution >= 0.6 is 0 Å².